The maximum Gasteiger partial charge on any atom is 0.416 e. The van der Waals surface area contributed by atoms with Gasteiger partial charge in [-0.05, 0) is 181 Å². The summed E-state index contributed by atoms with van der Waals surface area (Å²) >= 11 is 0. The lowest BCUT2D eigenvalue weighted by molar-refractivity contribution is -0.138. The lowest BCUT2D eigenvalue weighted by Crippen LogP contribution is -2.35. The van der Waals surface area contributed by atoms with Gasteiger partial charge in [-0.1, -0.05) is 56.0 Å². The molecule has 4 aromatic rings. The van der Waals surface area contributed by atoms with Gasteiger partial charge < -0.3 is 5.73 Å². The number of Topliss-reactive ketones (excluding diaryl/α,β-unsaturated/α-hetero) is 1. The number of benzene rings is 4. The molecular weight excluding hydrogens is 1150 g/mol. The molecule has 0 unspecified atom stereocenters. The van der Waals surface area contributed by atoms with Gasteiger partial charge in [0.15, 0.2) is 5.78 Å². The van der Waals surface area contributed by atoms with Crippen molar-refractivity contribution in [1.82, 2.24) is 4.72 Å². The Bertz CT molecular complexity index is 2650. The maximum absolute atomic E-state index is 12.9. The van der Waals surface area contributed by atoms with Crippen LogP contribution < -0.4 is 15.6 Å². The molecule has 0 heterocycles. The number of hydrogen-bond donors (Lipinski definition) is 3. The SMILES string of the molecule is C.CC(=N[S@@](=O)C(C)(C)C)c1cccc(C(F)(F)F)c1C.CC(=O)c1cccc(C(F)(F)F)c1C.CC(C)(C)[S@@](N)=O.Cc1c([C@@H](C)N)cccc1C(F)(F)F.Cc1c([C@@H](C)N[S@@](=O)C(C)(C)C)cccc1C(F)(F)F.Cl.S. The molecule has 0 aromatic heterocycles. The minimum absolute atomic E-state index is 0. The Labute approximate surface area is 473 Å². The summed E-state index contributed by atoms with van der Waals surface area (Å²) < 4.78 is 192. The summed E-state index contributed by atoms with van der Waals surface area (Å²) in [6.07, 6.45) is -17.5. The first kappa shape index (κ1) is 80.8. The molecule has 5 N–H and O–H groups in total. The highest BCUT2D eigenvalue weighted by molar-refractivity contribution is 7.85. The average Bonchev–Trinajstić information content (AvgIpc) is 3.22. The smallest absolute Gasteiger partial charge is 0.324 e. The summed E-state index contributed by atoms with van der Waals surface area (Å²) in [5.74, 6) is -0.353. The Morgan fingerprint density at radius 3 is 1.12 bits per heavy atom. The van der Waals surface area contributed by atoms with E-state index in [0.717, 1.165) is 24.3 Å². The Hall–Kier alpha value is -3.65. The zero-order valence-electron chi connectivity index (χ0n) is 46.0. The highest BCUT2D eigenvalue weighted by Gasteiger charge is 2.36. The largest absolute Gasteiger partial charge is 0.416 e. The molecule has 0 saturated heterocycles. The van der Waals surface area contributed by atoms with E-state index in [1.807, 2.05) is 41.5 Å². The lowest BCUT2D eigenvalue weighted by Gasteiger charge is -2.24. The number of rotatable bonds is 7. The summed E-state index contributed by atoms with van der Waals surface area (Å²) in [5.41, 5.74) is 5.26. The van der Waals surface area contributed by atoms with Crippen LogP contribution >= 0.6 is 25.9 Å². The number of halogens is 13. The van der Waals surface area contributed by atoms with Crippen LogP contribution in [0, 0.1) is 27.7 Å². The zero-order valence-corrected chi connectivity index (χ0v) is 50.3. The van der Waals surface area contributed by atoms with Crippen LogP contribution in [-0.2, 0) is 57.7 Å². The van der Waals surface area contributed by atoms with E-state index in [9.17, 15) is 70.1 Å². The first-order valence-corrected chi connectivity index (χ1v) is 26.2. The molecule has 8 nitrogen and oxygen atoms in total. The zero-order chi connectivity index (χ0) is 59.4. The fourth-order valence-corrected chi connectivity index (χ4v) is 7.68. The van der Waals surface area contributed by atoms with Crippen LogP contribution in [0.15, 0.2) is 77.2 Å². The van der Waals surface area contributed by atoms with Gasteiger partial charge in [0.05, 0.1) is 64.2 Å². The monoisotopic (exact) mass is 1220 g/mol. The van der Waals surface area contributed by atoms with Crippen molar-refractivity contribution in [3.05, 3.63) is 140 Å². The molecule has 5 atom stereocenters. The van der Waals surface area contributed by atoms with E-state index in [0.29, 0.717) is 22.4 Å². The van der Waals surface area contributed by atoms with Crippen molar-refractivity contribution in [1.29, 1.82) is 0 Å². The van der Waals surface area contributed by atoms with Crippen molar-refractivity contribution in [2.45, 2.75) is 176 Å². The van der Waals surface area contributed by atoms with Gasteiger partial charge in [0, 0.05) is 17.6 Å². The van der Waals surface area contributed by atoms with Gasteiger partial charge in [0.2, 0.25) is 0 Å². The third-order valence-electron chi connectivity index (χ3n) is 10.6. The first-order valence-electron chi connectivity index (χ1n) is 22.8. The molecule has 0 spiro atoms. The molecule has 0 amide bonds. The normalized spacial score (nSPS) is 14.1. The molecular formula is C53H77ClF12N4O4S4. The fourth-order valence-electron chi connectivity index (χ4n) is 6.25. The van der Waals surface area contributed by atoms with Crippen molar-refractivity contribution in [3.63, 3.8) is 0 Å². The van der Waals surface area contributed by atoms with Crippen molar-refractivity contribution >= 4 is 70.4 Å². The Morgan fingerprint density at radius 2 is 0.821 bits per heavy atom. The van der Waals surface area contributed by atoms with E-state index in [1.165, 1.54) is 65.0 Å². The van der Waals surface area contributed by atoms with Crippen LogP contribution in [0.3, 0.4) is 0 Å². The molecule has 0 saturated carbocycles. The number of alkyl halides is 12. The minimum atomic E-state index is -4.40. The second-order valence-corrected chi connectivity index (χ2v) is 25.7. The standard InChI is InChI=1S/C14H20F3NOS.C14H18F3NOS.C10H12F3N.C10H9F3O.C4H11NOS.CH4.ClH.H2S/c2*1-9-11(7-6-8-12(9)14(15,16)17)10(2)18-20(19)13(3,4)5;2*1-6-8(7(2)14)4-3-5-9(6)10(11,12)13;1-4(2,3)7(5)6;;;/h6-8,10,18H,1-5H3;6-8H,1-5H3;3-5,7H,14H2,1-2H3;3-5H,1-2H3;5H2,1-3H3;1H4;1H;1H2/t10-,20+;20-;7-;;7-;;;/m101.0.../s1. The second-order valence-electron chi connectivity index (χ2n) is 20.0. The molecule has 4 rings (SSSR count). The second kappa shape index (κ2) is 32.1. The Balaban J connectivity index is -0.000000448. The number of nitrogens with two attached hydrogens (primary N) is 2. The first-order chi connectivity index (χ1) is 33.5. The van der Waals surface area contributed by atoms with Crippen LogP contribution in [-0.4, -0.2) is 38.4 Å². The Kier molecular flexibility index (Phi) is 33.3. The van der Waals surface area contributed by atoms with Crippen molar-refractivity contribution in [2.24, 2.45) is 15.3 Å². The molecule has 4 aromatic carbocycles. The maximum atomic E-state index is 12.9. The van der Waals surface area contributed by atoms with Gasteiger partial charge in [0.1, 0.15) is 11.0 Å². The molecule has 0 aliphatic carbocycles. The fraction of sp³-hybridized carbons (Fsp3) is 0.509. The van der Waals surface area contributed by atoms with Gasteiger partial charge in [-0.2, -0.15) is 70.6 Å². The molecule has 448 valence electrons. The van der Waals surface area contributed by atoms with Gasteiger partial charge in [0.25, 0.3) is 0 Å². The number of hydrogen-bond acceptors (Lipinski definition) is 5. The van der Waals surface area contributed by atoms with E-state index in [4.69, 9.17) is 10.9 Å². The van der Waals surface area contributed by atoms with Crippen LogP contribution in [0.2, 0.25) is 0 Å². The van der Waals surface area contributed by atoms with Crippen LogP contribution in [0.5, 0.6) is 0 Å². The quantitative estimate of drug-likeness (QED) is 0.0959. The summed E-state index contributed by atoms with van der Waals surface area (Å²) in [6, 6.07) is 14.9. The number of nitrogens with zero attached hydrogens (tertiary/aromatic N) is 1. The third kappa shape index (κ3) is 26.3. The molecule has 0 radical (unpaired) electrons. The van der Waals surface area contributed by atoms with Gasteiger partial charge in [-0.3, -0.25) is 9.93 Å². The van der Waals surface area contributed by atoms with Crippen molar-refractivity contribution in [2.75, 3.05) is 0 Å². The summed E-state index contributed by atoms with van der Waals surface area (Å²) in [6.45, 7) is 28.0. The highest BCUT2D eigenvalue weighted by atomic mass is 35.5. The Morgan fingerprint density at radius 1 is 0.526 bits per heavy atom. The predicted octanol–water partition coefficient (Wildman–Crippen LogP) is 16.2. The van der Waals surface area contributed by atoms with Crippen LogP contribution in [0.25, 0.3) is 0 Å². The molecule has 0 bridgehead atoms. The average molecular weight is 1230 g/mol. The summed E-state index contributed by atoms with van der Waals surface area (Å²) in [5, 5.41) is 5.04. The van der Waals surface area contributed by atoms with Crippen LogP contribution in [0.1, 0.15) is 181 Å². The number of ketones is 1. The van der Waals surface area contributed by atoms with Gasteiger partial charge in [-0.25, -0.2) is 17.3 Å². The van der Waals surface area contributed by atoms with E-state index in [2.05, 4.69) is 9.12 Å². The minimum Gasteiger partial charge on any atom is -0.324 e. The van der Waals surface area contributed by atoms with E-state index in [-0.39, 0.29) is 77.7 Å². The molecule has 0 aliphatic rings. The topological polar surface area (TPSA) is 145 Å². The predicted molar refractivity (Wildman–Crippen MR) is 303 cm³/mol. The molecule has 25 heteroatoms. The van der Waals surface area contributed by atoms with Crippen molar-refractivity contribution in [3.8, 4) is 0 Å². The highest BCUT2D eigenvalue weighted by Crippen LogP contribution is 2.37. The van der Waals surface area contributed by atoms with Gasteiger partial charge in [-0.15, -0.1) is 12.4 Å². The third-order valence-corrected chi connectivity index (χ3v) is 14.9. The number of carbonyl (C=O) groups excluding carboxylic acids is 1. The summed E-state index contributed by atoms with van der Waals surface area (Å²) in [7, 11) is -4.02. The molecule has 0 aliphatic heterocycles. The van der Waals surface area contributed by atoms with Gasteiger partial charge >= 0.3 is 24.7 Å². The van der Waals surface area contributed by atoms with E-state index < -0.39 is 95.5 Å². The molecule has 0 fully saturated rings. The summed E-state index contributed by atoms with van der Waals surface area (Å²) in [4.78, 5) is 11.0. The number of carbonyl (C=O) groups is 1. The van der Waals surface area contributed by atoms with Crippen LogP contribution in [0.4, 0.5) is 52.7 Å². The lowest BCUT2D eigenvalue weighted by atomic mass is 9.98. The van der Waals surface area contributed by atoms with E-state index in [1.54, 1.807) is 59.7 Å². The number of nitrogens with one attached hydrogen (secondary N) is 1. The molecule has 78 heavy (non-hydrogen) atoms. The van der Waals surface area contributed by atoms with Crippen molar-refractivity contribution < 1.29 is 70.1 Å². The van der Waals surface area contributed by atoms with E-state index >= 15 is 0 Å².